The summed E-state index contributed by atoms with van der Waals surface area (Å²) in [5, 5.41) is 18.8. The van der Waals surface area contributed by atoms with Crippen molar-refractivity contribution in [2.24, 2.45) is 7.05 Å². The minimum atomic E-state index is -0.450. The Bertz CT molecular complexity index is 588. The molecule has 0 unspecified atom stereocenters. The molecule has 0 radical (unpaired) electrons. The fourth-order valence-electron chi connectivity index (χ4n) is 1.92. The van der Waals surface area contributed by atoms with E-state index in [1.807, 2.05) is 32.1 Å². The Labute approximate surface area is 110 Å². The largest absolute Gasteiger partial charge is 0.307 e. The molecular weight excluding hydrogens is 248 g/mol. The van der Waals surface area contributed by atoms with Crippen molar-refractivity contribution in [3.63, 3.8) is 0 Å². The monoisotopic (exact) mass is 264 g/mol. The first kappa shape index (κ1) is 13.2. The summed E-state index contributed by atoms with van der Waals surface area (Å²) >= 11 is 0. The van der Waals surface area contributed by atoms with Gasteiger partial charge in [0.15, 0.2) is 0 Å². The molecule has 2 rings (SSSR count). The molecule has 0 spiro atoms. The van der Waals surface area contributed by atoms with Crippen molar-refractivity contribution in [3.8, 4) is 0 Å². The lowest BCUT2D eigenvalue weighted by atomic mass is 10.2. The van der Waals surface area contributed by atoms with Crippen LogP contribution in [0.1, 0.15) is 11.3 Å². The Morgan fingerprint density at radius 1 is 1.47 bits per heavy atom. The second-order valence-corrected chi connectivity index (χ2v) is 4.56. The molecule has 0 bridgehead atoms. The maximum absolute atomic E-state index is 10.6. The average molecular weight is 264 g/mol. The van der Waals surface area contributed by atoms with Crippen molar-refractivity contribution >= 4 is 5.69 Å². The smallest absolute Gasteiger partial charge is 0.283 e. The third-order valence-electron chi connectivity index (χ3n) is 2.77. The maximum atomic E-state index is 10.6. The predicted octanol–water partition coefficient (Wildman–Crippen LogP) is 0.923. The Kier molecular flexibility index (Phi) is 3.61. The molecule has 0 aromatic carbocycles. The van der Waals surface area contributed by atoms with Gasteiger partial charge in [-0.15, -0.1) is 0 Å². The van der Waals surface area contributed by atoms with Crippen LogP contribution in [0.5, 0.6) is 0 Å². The first-order chi connectivity index (χ1) is 8.95. The fraction of sp³-hybridized carbons (Fsp3) is 0.455. The van der Waals surface area contributed by atoms with Gasteiger partial charge in [0.2, 0.25) is 0 Å². The second-order valence-electron chi connectivity index (χ2n) is 4.56. The highest BCUT2D eigenvalue weighted by molar-refractivity contribution is 5.20. The van der Waals surface area contributed by atoms with Gasteiger partial charge in [-0.2, -0.15) is 10.2 Å². The van der Waals surface area contributed by atoms with Crippen LogP contribution in [0.15, 0.2) is 18.6 Å². The van der Waals surface area contributed by atoms with Crippen LogP contribution in [-0.4, -0.2) is 36.4 Å². The molecule has 0 aliphatic rings. The van der Waals surface area contributed by atoms with Crippen LogP contribution in [0.4, 0.5) is 5.69 Å². The van der Waals surface area contributed by atoms with Crippen LogP contribution in [0.25, 0.3) is 0 Å². The zero-order valence-corrected chi connectivity index (χ0v) is 11.1. The quantitative estimate of drug-likeness (QED) is 0.592. The molecule has 0 atom stereocenters. The number of nitro groups is 1. The van der Waals surface area contributed by atoms with Crippen LogP contribution >= 0.6 is 0 Å². The van der Waals surface area contributed by atoms with E-state index in [-0.39, 0.29) is 5.69 Å². The molecule has 2 heterocycles. The van der Waals surface area contributed by atoms with Crippen molar-refractivity contribution in [3.05, 3.63) is 40.0 Å². The molecule has 102 valence electrons. The van der Waals surface area contributed by atoms with E-state index in [0.717, 1.165) is 11.3 Å². The zero-order chi connectivity index (χ0) is 14.0. The van der Waals surface area contributed by atoms with Gasteiger partial charge in [0.05, 0.1) is 17.3 Å². The summed E-state index contributed by atoms with van der Waals surface area (Å²) in [7, 11) is 3.81. The van der Waals surface area contributed by atoms with E-state index in [2.05, 4.69) is 10.2 Å². The van der Waals surface area contributed by atoms with Crippen LogP contribution in [-0.2, 0) is 20.3 Å². The van der Waals surface area contributed by atoms with E-state index in [1.54, 1.807) is 9.36 Å². The van der Waals surface area contributed by atoms with Crippen molar-refractivity contribution in [2.75, 3.05) is 7.05 Å². The molecule has 0 aliphatic carbocycles. The molecule has 0 aliphatic heterocycles. The molecule has 8 nitrogen and oxygen atoms in total. The van der Waals surface area contributed by atoms with Gasteiger partial charge in [-0.3, -0.25) is 24.4 Å². The number of aromatic nitrogens is 4. The topological polar surface area (TPSA) is 82.0 Å². The summed E-state index contributed by atoms with van der Waals surface area (Å²) in [5.41, 5.74) is 2.12. The molecular formula is C11H16N6O2. The highest BCUT2D eigenvalue weighted by Crippen LogP contribution is 2.10. The molecule has 0 saturated carbocycles. The average Bonchev–Trinajstić information content (AvgIpc) is 2.87. The third kappa shape index (κ3) is 3.16. The first-order valence-corrected chi connectivity index (χ1v) is 5.80. The van der Waals surface area contributed by atoms with Crippen LogP contribution in [0, 0.1) is 17.0 Å². The SMILES string of the molecule is Cc1nn(C)cc1CN(C)Cn1cc([N+](=O)[O-])cn1. The highest BCUT2D eigenvalue weighted by Gasteiger charge is 2.11. The van der Waals surface area contributed by atoms with Gasteiger partial charge in [-0.05, 0) is 14.0 Å². The molecule has 2 aromatic heterocycles. The first-order valence-electron chi connectivity index (χ1n) is 5.80. The maximum Gasteiger partial charge on any atom is 0.307 e. The lowest BCUT2D eigenvalue weighted by Crippen LogP contribution is -2.22. The number of aryl methyl sites for hydroxylation is 2. The van der Waals surface area contributed by atoms with E-state index in [0.29, 0.717) is 13.2 Å². The van der Waals surface area contributed by atoms with Crippen LogP contribution in [0.2, 0.25) is 0 Å². The van der Waals surface area contributed by atoms with E-state index in [1.165, 1.54) is 12.4 Å². The molecule has 0 fully saturated rings. The summed E-state index contributed by atoms with van der Waals surface area (Å²) in [6.45, 7) is 3.16. The van der Waals surface area contributed by atoms with Crippen molar-refractivity contribution in [2.45, 2.75) is 20.1 Å². The Morgan fingerprint density at radius 3 is 2.74 bits per heavy atom. The molecule has 0 N–H and O–H groups in total. The summed E-state index contributed by atoms with van der Waals surface area (Å²) in [6, 6.07) is 0. The minimum absolute atomic E-state index is 0.00552. The number of nitrogens with zero attached hydrogens (tertiary/aromatic N) is 6. The predicted molar refractivity (Wildman–Crippen MR) is 68.3 cm³/mol. The minimum Gasteiger partial charge on any atom is -0.283 e. The van der Waals surface area contributed by atoms with Crippen LogP contribution in [0.3, 0.4) is 0 Å². The lowest BCUT2D eigenvalue weighted by molar-refractivity contribution is -0.385. The Hall–Kier alpha value is -2.22. The number of hydrogen-bond donors (Lipinski definition) is 0. The van der Waals surface area contributed by atoms with E-state index in [9.17, 15) is 10.1 Å². The van der Waals surface area contributed by atoms with E-state index >= 15 is 0 Å². The van der Waals surface area contributed by atoms with Gasteiger partial charge >= 0.3 is 5.69 Å². The standard InChI is InChI=1S/C11H16N6O2/c1-9-10(6-15(3)13-9)5-14(2)8-16-7-11(4-12-16)17(18)19/h4,6-7H,5,8H2,1-3H3. The number of rotatable bonds is 5. The summed E-state index contributed by atoms with van der Waals surface area (Å²) in [5.74, 6) is 0. The molecule has 0 amide bonds. The summed E-state index contributed by atoms with van der Waals surface area (Å²) < 4.78 is 3.32. The Balaban J connectivity index is 1.98. The molecule has 19 heavy (non-hydrogen) atoms. The van der Waals surface area contributed by atoms with E-state index < -0.39 is 4.92 Å². The molecule has 0 saturated heterocycles. The van der Waals surface area contributed by atoms with Gasteiger partial charge in [-0.1, -0.05) is 0 Å². The third-order valence-corrected chi connectivity index (χ3v) is 2.77. The van der Waals surface area contributed by atoms with Crippen molar-refractivity contribution in [1.82, 2.24) is 24.5 Å². The van der Waals surface area contributed by atoms with Gasteiger partial charge < -0.3 is 0 Å². The van der Waals surface area contributed by atoms with Gasteiger partial charge in [-0.25, -0.2) is 0 Å². The number of hydrogen-bond acceptors (Lipinski definition) is 5. The second kappa shape index (κ2) is 5.19. The van der Waals surface area contributed by atoms with Crippen LogP contribution < -0.4 is 0 Å². The van der Waals surface area contributed by atoms with Gasteiger partial charge in [0.1, 0.15) is 12.4 Å². The lowest BCUT2D eigenvalue weighted by Gasteiger charge is -2.15. The molecule has 8 heteroatoms. The van der Waals surface area contributed by atoms with Crippen molar-refractivity contribution < 1.29 is 4.92 Å². The highest BCUT2D eigenvalue weighted by atomic mass is 16.6. The van der Waals surface area contributed by atoms with Crippen molar-refractivity contribution in [1.29, 1.82) is 0 Å². The summed E-state index contributed by atoms with van der Waals surface area (Å²) in [6.07, 6.45) is 4.65. The van der Waals surface area contributed by atoms with Gasteiger partial charge in [0, 0.05) is 25.4 Å². The molecule has 2 aromatic rings. The zero-order valence-electron chi connectivity index (χ0n) is 11.1. The van der Waals surface area contributed by atoms with Gasteiger partial charge in [0.25, 0.3) is 0 Å². The summed E-state index contributed by atoms with van der Waals surface area (Å²) in [4.78, 5) is 12.1. The normalized spacial score (nSPS) is 11.2. The fourth-order valence-corrected chi connectivity index (χ4v) is 1.92. The van der Waals surface area contributed by atoms with E-state index in [4.69, 9.17) is 0 Å². The Morgan fingerprint density at radius 2 is 2.21 bits per heavy atom.